The molecule has 0 aliphatic carbocycles. The molecule has 1 amide bonds. The van der Waals surface area contributed by atoms with Gasteiger partial charge in [0.05, 0.1) is 7.11 Å². The summed E-state index contributed by atoms with van der Waals surface area (Å²) in [6.07, 6.45) is 2.09. The molecule has 1 heterocycles. The summed E-state index contributed by atoms with van der Waals surface area (Å²) in [4.78, 5) is 15.7. The monoisotopic (exact) mass is 407 g/mol. The molecule has 1 atom stereocenters. The van der Waals surface area contributed by atoms with Gasteiger partial charge in [0.1, 0.15) is 12.7 Å². The standard InChI is InChI=1S/C22H37N3O4/c1-4-24(5-2)16-19(26)17-29-21-14-18(9-10-20(21)28-3)15-23-11-7-13-25-12-6-8-22(25)27/h9-10,14,19,23,26H,4-8,11-13,15-17H2,1-3H3/t19-/m0/s1. The zero-order valence-corrected chi connectivity index (χ0v) is 18.2. The van der Waals surface area contributed by atoms with Crippen LogP contribution in [0.25, 0.3) is 0 Å². The average molecular weight is 408 g/mol. The Labute approximate surface area is 175 Å². The van der Waals surface area contributed by atoms with Crippen molar-refractivity contribution in [1.82, 2.24) is 15.1 Å². The van der Waals surface area contributed by atoms with E-state index in [4.69, 9.17) is 9.47 Å². The van der Waals surface area contributed by atoms with E-state index in [-0.39, 0.29) is 12.5 Å². The summed E-state index contributed by atoms with van der Waals surface area (Å²) >= 11 is 0. The SMILES string of the molecule is CCN(CC)C[C@H](O)COc1cc(CNCCCN2CCCC2=O)ccc1OC. The van der Waals surface area contributed by atoms with Crippen molar-refractivity contribution in [2.24, 2.45) is 0 Å². The van der Waals surface area contributed by atoms with Gasteiger partial charge in [-0.3, -0.25) is 4.79 Å². The molecule has 0 radical (unpaired) electrons. The summed E-state index contributed by atoms with van der Waals surface area (Å²) < 4.78 is 11.2. The Morgan fingerprint density at radius 3 is 2.72 bits per heavy atom. The molecular formula is C22H37N3O4. The molecule has 1 aliphatic heterocycles. The lowest BCUT2D eigenvalue weighted by Crippen LogP contribution is -2.35. The van der Waals surface area contributed by atoms with Crippen LogP contribution in [0.3, 0.4) is 0 Å². The van der Waals surface area contributed by atoms with Crippen LogP contribution < -0.4 is 14.8 Å². The summed E-state index contributed by atoms with van der Waals surface area (Å²) in [6, 6.07) is 5.86. The fourth-order valence-corrected chi connectivity index (χ4v) is 3.53. The Morgan fingerprint density at radius 1 is 1.28 bits per heavy atom. The lowest BCUT2D eigenvalue weighted by molar-refractivity contribution is -0.127. The van der Waals surface area contributed by atoms with Crippen LogP contribution in [-0.4, -0.2) is 79.9 Å². The fraction of sp³-hybridized carbons (Fsp3) is 0.682. The smallest absolute Gasteiger partial charge is 0.222 e. The van der Waals surface area contributed by atoms with Crippen LogP contribution in [0.1, 0.15) is 38.7 Å². The number of methoxy groups -OCH3 is 1. The summed E-state index contributed by atoms with van der Waals surface area (Å²) in [5.41, 5.74) is 1.09. The van der Waals surface area contributed by atoms with Gasteiger partial charge in [-0.1, -0.05) is 19.9 Å². The Balaban J connectivity index is 1.77. The van der Waals surface area contributed by atoms with E-state index in [9.17, 15) is 9.90 Å². The molecule has 164 valence electrons. The van der Waals surface area contributed by atoms with E-state index in [1.807, 2.05) is 23.1 Å². The Morgan fingerprint density at radius 2 is 2.07 bits per heavy atom. The summed E-state index contributed by atoms with van der Waals surface area (Å²) in [7, 11) is 1.62. The van der Waals surface area contributed by atoms with Crippen LogP contribution >= 0.6 is 0 Å². The number of benzene rings is 1. The van der Waals surface area contributed by atoms with Gasteiger partial charge >= 0.3 is 0 Å². The van der Waals surface area contributed by atoms with Crippen LogP contribution in [0, 0.1) is 0 Å². The first-order valence-corrected chi connectivity index (χ1v) is 10.8. The van der Waals surface area contributed by atoms with Crippen molar-refractivity contribution in [3.05, 3.63) is 23.8 Å². The number of aliphatic hydroxyl groups excluding tert-OH is 1. The topological polar surface area (TPSA) is 74.3 Å². The normalized spacial score (nSPS) is 15.2. The number of carbonyl (C=O) groups excluding carboxylic acids is 1. The van der Waals surface area contributed by atoms with Gasteiger partial charge < -0.3 is 29.7 Å². The van der Waals surface area contributed by atoms with Gasteiger partial charge in [0, 0.05) is 32.6 Å². The van der Waals surface area contributed by atoms with Gasteiger partial charge in [0.25, 0.3) is 0 Å². The quantitative estimate of drug-likeness (QED) is 0.459. The summed E-state index contributed by atoms with van der Waals surface area (Å²) in [5, 5.41) is 13.7. The van der Waals surface area contributed by atoms with Crippen molar-refractivity contribution in [3.8, 4) is 11.5 Å². The van der Waals surface area contributed by atoms with E-state index in [0.29, 0.717) is 24.5 Å². The second kappa shape index (κ2) is 12.7. The number of amides is 1. The molecule has 1 aromatic rings. The molecule has 1 saturated heterocycles. The fourth-order valence-electron chi connectivity index (χ4n) is 3.53. The molecule has 1 aromatic carbocycles. The zero-order valence-electron chi connectivity index (χ0n) is 18.2. The van der Waals surface area contributed by atoms with Gasteiger partial charge in [0.15, 0.2) is 11.5 Å². The third kappa shape index (κ3) is 7.84. The molecule has 29 heavy (non-hydrogen) atoms. The maximum absolute atomic E-state index is 11.6. The van der Waals surface area contributed by atoms with Crippen molar-refractivity contribution < 1.29 is 19.4 Å². The lowest BCUT2D eigenvalue weighted by Gasteiger charge is -2.22. The number of aliphatic hydroxyl groups is 1. The first kappa shape index (κ1) is 23.4. The van der Waals surface area contributed by atoms with E-state index in [0.717, 1.165) is 57.7 Å². The van der Waals surface area contributed by atoms with Crippen molar-refractivity contribution in [3.63, 3.8) is 0 Å². The lowest BCUT2D eigenvalue weighted by atomic mass is 10.2. The maximum atomic E-state index is 11.6. The minimum absolute atomic E-state index is 0.230. The van der Waals surface area contributed by atoms with E-state index >= 15 is 0 Å². The maximum Gasteiger partial charge on any atom is 0.222 e. The largest absolute Gasteiger partial charge is 0.493 e. The molecular weight excluding hydrogens is 370 g/mol. The molecule has 1 aliphatic rings. The predicted octanol–water partition coefficient (Wildman–Crippen LogP) is 1.88. The number of rotatable bonds is 14. The molecule has 2 rings (SSSR count). The number of likely N-dealkylation sites (tertiary alicyclic amines) is 1. The second-order valence-electron chi connectivity index (χ2n) is 7.45. The van der Waals surface area contributed by atoms with Gasteiger partial charge in [-0.05, 0) is 50.2 Å². The van der Waals surface area contributed by atoms with Gasteiger partial charge in [-0.25, -0.2) is 0 Å². The molecule has 0 saturated carbocycles. The van der Waals surface area contributed by atoms with Crippen LogP contribution in [0.5, 0.6) is 11.5 Å². The highest BCUT2D eigenvalue weighted by Gasteiger charge is 2.18. The molecule has 7 nitrogen and oxygen atoms in total. The first-order valence-electron chi connectivity index (χ1n) is 10.8. The van der Waals surface area contributed by atoms with Crippen molar-refractivity contribution in [1.29, 1.82) is 0 Å². The van der Waals surface area contributed by atoms with E-state index in [1.54, 1.807) is 7.11 Å². The van der Waals surface area contributed by atoms with Gasteiger partial charge in [-0.15, -0.1) is 0 Å². The van der Waals surface area contributed by atoms with E-state index < -0.39 is 6.10 Å². The number of nitrogens with one attached hydrogen (secondary N) is 1. The third-order valence-corrected chi connectivity index (χ3v) is 5.30. The average Bonchev–Trinajstić information content (AvgIpc) is 3.15. The van der Waals surface area contributed by atoms with Gasteiger partial charge in [-0.2, -0.15) is 0 Å². The van der Waals surface area contributed by atoms with Crippen molar-refractivity contribution >= 4 is 5.91 Å². The first-order chi connectivity index (χ1) is 14.1. The number of ether oxygens (including phenoxy) is 2. The third-order valence-electron chi connectivity index (χ3n) is 5.30. The van der Waals surface area contributed by atoms with Crippen LogP contribution in [0.4, 0.5) is 0 Å². The molecule has 1 fully saturated rings. The Hall–Kier alpha value is -1.83. The van der Waals surface area contributed by atoms with Crippen molar-refractivity contribution in [2.45, 2.75) is 45.8 Å². The van der Waals surface area contributed by atoms with E-state index in [2.05, 4.69) is 24.1 Å². The zero-order chi connectivity index (χ0) is 21.1. The number of hydrogen-bond donors (Lipinski definition) is 2. The predicted molar refractivity (Wildman–Crippen MR) is 114 cm³/mol. The minimum Gasteiger partial charge on any atom is -0.493 e. The summed E-state index contributed by atoms with van der Waals surface area (Å²) in [5.74, 6) is 1.59. The molecule has 7 heteroatoms. The number of carbonyl (C=O) groups is 1. The highest BCUT2D eigenvalue weighted by atomic mass is 16.5. The van der Waals surface area contributed by atoms with Gasteiger partial charge in [0.2, 0.25) is 5.91 Å². The minimum atomic E-state index is -0.547. The summed E-state index contributed by atoms with van der Waals surface area (Å²) in [6.45, 7) is 10.1. The number of hydrogen-bond acceptors (Lipinski definition) is 6. The highest BCUT2D eigenvalue weighted by Crippen LogP contribution is 2.28. The molecule has 0 bridgehead atoms. The Bertz CT molecular complexity index is 622. The molecule has 0 unspecified atom stereocenters. The number of nitrogens with zero attached hydrogens (tertiary/aromatic N) is 2. The molecule has 0 aromatic heterocycles. The second-order valence-corrected chi connectivity index (χ2v) is 7.45. The van der Waals surface area contributed by atoms with Crippen molar-refractivity contribution in [2.75, 3.05) is 53.0 Å². The van der Waals surface area contributed by atoms with Crippen LogP contribution in [0.2, 0.25) is 0 Å². The number of likely N-dealkylation sites (N-methyl/N-ethyl adjacent to an activating group) is 1. The molecule has 0 spiro atoms. The van der Waals surface area contributed by atoms with E-state index in [1.165, 1.54) is 0 Å². The highest BCUT2D eigenvalue weighted by molar-refractivity contribution is 5.77. The Kier molecular flexibility index (Phi) is 10.2. The van der Waals surface area contributed by atoms with Crippen LogP contribution in [-0.2, 0) is 11.3 Å². The van der Waals surface area contributed by atoms with Crippen LogP contribution in [0.15, 0.2) is 18.2 Å². The molecule has 2 N–H and O–H groups in total.